The smallest absolute Gasteiger partial charge is 0.239 e. The maximum absolute atomic E-state index is 13.0. The van der Waals surface area contributed by atoms with Crippen molar-refractivity contribution in [1.82, 2.24) is 10.2 Å². The fourth-order valence-electron chi connectivity index (χ4n) is 4.09. The van der Waals surface area contributed by atoms with Crippen molar-refractivity contribution >= 4 is 5.91 Å². The van der Waals surface area contributed by atoms with E-state index in [4.69, 9.17) is 0 Å². The Labute approximate surface area is 142 Å². The van der Waals surface area contributed by atoms with Crippen LogP contribution in [0.4, 0.5) is 0 Å². The minimum absolute atomic E-state index is 0.0359. The van der Waals surface area contributed by atoms with Crippen molar-refractivity contribution in [3.05, 3.63) is 0 Å². The van der Waals surface area contributed by atoms with E-state index in [0.717, 1.165) is 32.4 Å². The van der Waals surface area contributed by atoms with Crippen LogP contribution in [0.25, 0.3) is 0 Å². The van der Waals surface area contributed by atoms with Gasteiger partial charge < -0.3 is 15.3 Å². The van der Waals surface area contributed by atoms with Gasteiger partial charge in [-0.2, -0.15) is 0 Å². The number of aliphatic hydroxyl groups excluding tert-OH is 1. The highest BCUT2D eigenvalue weighted by Crippen LogP contribution is 2.25. The monoisotopic (exact) mass is 324 g/mol. The van der Waals surface area contributed by atoms with Crippen LogP contribution in [0.15, 0.2) is 0 Å². The zero-order valence-corrected chi connectivity index (χ0v) is 15.3. The number of carbonyl (C=O) groups is 1. The highest BCUT2D eigenvalue weighted by molar-refractivity contribution is 5.82. The zero-order valence-electron chi connectivity index (χ0n) is 15.3. The highest BCUT2D eigenvalue weighted by Gasteiger charge is 2.31. The lowest BCUT2D eigenvalue weighted by atomic mass is 9.85. The van der Waals surface area contributed by atoms with Crippen molar-refractivity contribution in [2.75, 3.05) is 19.7 Å². The van der Waals surface area contributed by atoms with Gasteiger partial charge in [0.05, 0.1) is 6.04 Å². The van der Waals surface area contributed by atoms with Gasteiger partial charge in [-0.25, -0.2) is 0 Å². The van der Waals surface area contributed by atoms with E-state index in [2.05, 4.69) is 26.1 Å². The summed E-state index contributed by atoms with van der Waals surface area (Å²) in [4.78, 5) is 15.0. The number of piperidine rings is 1. The van der Waals surface area contributed by atoms with Crippen LogP contribution in [0.3, 0.4) is 0 Å². The van der Waals surface area contributed by atoms with Crippen LogP contribution in [0.2, 0.25) is 0 Å². The summed E-state index contributed by atoms with van der Waals surface area (Å²) in [5.74, 6) is 1.86. The molecule has 2 rings (SSSR count). The van der Waals surface area contributed by atoms with Gasteiger partial charge in [0, 0.05) is 25.7 Å². The molecule has 134 valence electrons. The Balaban J connectivity index is 1.95. The summed E-state index contributed by atoms with van der Waals surface area (Å²) in [7, 11) is 0. The Hall–Kier alpha value is -0.610. The first-order valence-corrected chi connectivity index (χ1v) is 9.67. The van der Waals surface area contributed by atoms with Crippen LogP contribution in [-0.2, 0) is 4.79 Å². The quantitative estimate of drug-likeness (QED) is 0.790. The number of nitrogens with zero attached hydrogens (tertiary/aromatic N) is 1. The molecule has 0 aromatic rings. The molecule has 0 aromatic heterocycles. The number of likely N-dealkylation sites (tertiary alicyclic amines) is 1. The molecule has 0 bridgehead atoms. The Morgan fingerprint density at radius 3 is 2.39 bits per heavy atom. The number of aliphatic hydroxyl groups is 1. The second-order valence-corrected chi connectivity index (χ2v) is 8.17. The van der Waals surface area contributed by atoms with Gasteiger partial charge in [-0.3, -0.25) is 4.79 Å². The molecule has 1 aliphatic carbocycles. The molecule has 4 nitrogen and oxygen atoms in total. The van der Waals surface area contributed by atoms with Crippen LogP contribution in [0, 0.1) is 17.8 Å². The van der Waals surface area contributed by atoms with Crippen LogP contribution in [-0.4, -0.2) is 47.7 Å². The van der Waals surface area contributed by atoms with Crippen LogP contribution in [0.5, 0.6) is 0 Å². The normalized spacial score (nSPS) is 28.1. The fourth-order valence-corrected chi connectivity index (χ4v) is 4.09. The summed E-state index contributed by atoms with van der Waals surface area (Å²) in [6, 6.07) is 0.456. The lowest BCUT2D eigenvalue weighted by molar-refractivity contribution is -0.136. The molecule has 4 heteroatoms. The molecule has 1 heterocycles. The van der Waals surface area contributed by atoms with Crippen LogP contribution >= 0.6 is 0 Å². The van der Waals surface area contributed by atoms with E-state index in [1.54, 1.807) is 0 Å². The van der Waals surface area contributed by atoms with Crippen molar-refractivity contribution in [2.45, 2.75) is 77.8 Å². The SMILES string of the molecule is CC(C)CC(NC1CCCCC1C)C(=O)N1CCC(CO)CC1. The summed E-state index contributed by atoms with van der Waals surface area (Å²) < 4.78 is 0. The van der Waals surface area contributed by atoms with Gasteiger partial charge in [0.1, 0.15) is 0 Å². The largest absolute Gasteiger partial charge is 0.396 e. The molecule has 0 radical (unpaired) electrons. The molecule has 3 unspecified atom stereocenters. The molecule has 23 heavy (non-hydrogen) atoms. The van der Waals surface area contributed by atoms with Crippen molar-refractivity contribution in [3.63, 3.8) is 0 Å². The van der Waals surface area contributed by atoms with Crippen molar-refractivity contribution in [2.24, 2.45) is 17.8 Å². The van der Waals surface area contributed by atoms with Gasteiger partial charge in [-0.15, -0.1) is 0 Å². The van der Waals surface area contributed by atoms with Crippen molar-refractivity contribution in [3.8, 4) is 0 Å². The van der Waals surface area contributed by atoms with Gasteiger partial charge in [0.15, 0.2) is 0 Å². The van der Waals surface area contributed by atoms with Crippen molar-refractivity contribution in [1.29, 1.82) is 0 Å². The molecule has 2 N–H and O–H groups in total. The number of hydrogen-bond acceptors (Lipinski definition) is 3. The number of hydrogen-bond donors (Lipinski definition) is 2. The topological polar surface area (TPSA) is 52.6 Å². The van der Waals surface area contributed by atoms with E-state index in [9.17, 15) is 9.90 Å². The summed E-state index contributed by atoms with van der Waals surface area (Å²) in [6.07, 6.45) is 7.90. The predicted octanol–water partition coefficient (Wildman–Crippen LogP) is 2.80. The lowest BCUT2D eigenvalue weighted by Crippen LogP contribution is -2.54. The highest BCUT2D eigenvalue weighted by atomic mass is 16.3. The molecule has 2 fully saturated rings. The lowest BCUT2D eigenvalue weighted by Gasteiger charge is -2.37. The number of amides is 1. The first-order valence-electron chi connectivity index (χ1n) is 9.67. The van der Waals surface area contributed by atoms with Gasteiger partial charge in [0.2, 0.25) is 5.91 Å². The minimum Gasteiger partial charge on any atom is -0.396 e. The van der Waals surface area contributed by atoms with Gasteiger partial charge in [0.25, 0.3) is 0 Å². The van der Waals surface area contributed by atoms with E-state index in [1.807, 2.05) is 4.90 Å². The average molecular weight is 325 g/mol. The molecule has 1 aliphatic heterocycles. The molecular weight excluding hydrogens is 288 g/mol. The first kappa shape index (κ1) is 18.7. The number of nitrogens with one attached hydrogen (secondary N) is 1. The fraction of sp³-hybridized carbons (Fsp3) is 0.947. The maximum atomic E-state index is 13.0. The van der Waals surface area contributed by atoms with E-state index >= 15 is 0 Å². The van der Waals surface area contributed by atoms with E-state index in [1.165, 1.54) is 25.7 Å². The second kappa shape index (κ2) is 9.03. The molecule has 0 spiro atoms. The summed E-state index contributed by atoms with van der Waals surface area (Å²) in [6.45, 7) is 8.59. The van der Waals surface area contributed by atoms with E-state index in [0.29, 0.717) is 23.8 Å². The summed E-state index contributed by atoms with van der Waals surface area (Å²) in [5, 5.41) is 13.0. The maximum Gasteiger partial charge on any atom is 0.239 e. The first-order chi connectivity index (χ1) is 11.0. The van der Waals surface area contributed by atoms with E-state index in [-0.39, 0.29) is 18.6 Å². The van der Waals surface area contributed by atoms with Gasteiger partial charge >= 0.3 is 0 Å². The molecule has 1 amide bonds. The molecule has 2 aliphatic rings. The minimum atomic E-state index is -0.0359. The number of rotatable bonds is 6. The average Bonchev–Trinajstić information content (AvgIpc) is 2.55. The van der Waals surface area contributed by atoms with Gasteiger partial charge in [-0.05, 0) is 49.9 Å². The summed E-state index contributed by atoms with van der Waals surface area (Å²) in [5.41, 5.74) is 0. The molecule has 3 atom stereocenters. The Morgan fingerprint density at radius 1 is 1.17 bits per heavy atom. The zero-order chi connectivity index (χ0) is 16.8. The second-order valence-electron chi connectivity index (χ2n) is 8.17. The summed E-state index contributed by atoms with van der Waals surface area (Å²) >= 11 is 0. The van der Waals surface area contributed by atoms with Crippen LogP contribution < -0.4 is 5.32 Å². The van der Waals surface area contributed by atoms with Gasteiger partial charge in [-0.1, -0.05) is 33.6 Å². The third-order valence-corrected chi connectivity index (χ3v) is 5.72. The molecule has 1 saturated heterocycles. The standard InChI is InChI=1S/C19H36N2O2/c1-14(2)12-18(20-17-7-5-4-6-15(17)3)19(23)21-10-8-16(13-22)9-11-21/h14-18,20,22H,4-13H2,1-3H3. The Bertz CT molecular complexity index is 364. The Kier molecular flexibility index (Phi) is 7.35. The molecule has 1 saturated carbocycles. The number of carbonyl (C=O) groups excluding carboxylic acids is 1. The van der Waals surface area contributed by atoms with E-state index < -0.39 is 0 Å². The van der Waals surface area contributed by atoms with Crippen molar-refractivity contribution < 1.29 is 9.90 Å². The Morgan fingerprint density at radius 2 is 1.83 bits per heavy atom. The van der Waals surface area contributed by atoms with Crippen LogP contribution in [0.1, 0.15) is 65.7 Å². The third kappa shape index (κ3) is 5.46. The predicted molar refractivity (Wildman–Crippen MR) is 94.2 cm³/mol. The molecular formula is C19H36N2O2. The molecule has 0 aromatic carbocycles. The third-order valence-electron chi connectivity index (χ3n) is 5.72.